The summed E-state index contributed by atoms with van der Waals surface area (Å²) in [6, 6.07) is 4.43. The predicted molar refractivity (Wildman–Crippen MR) is 86.8 cm³/mol. The zero-order valence-electron chi connectivity index (χ0n) is 12.7. The lowest BCUT2D eigenvalue weighted by Crippen LogP contribution is -2.39. The molecule has 21 heavy (non-hydrogen) atoms. The van der Waals surface area contributed by atoms with Crippen LogP contribution >= 0.6 is 15.9 Å². The molecule has 0 aliphatic carbocycles. The highest BCUT2D eigenvalue weighted by Gasteiger charge is 2.19. The van der Waals surface area contributed by atoms with Crippen LogP contribution in [0.2, 0.25) is 0 Å². The number of nitrogens with zero attached hydrogens (tertiary/aromatic N) is 1. The van der Waals surface area contributed by atoms with E-state index in [4.69, 9.17) is 5.11 Å². The normalized spacial score (nSPS) is 12.1. The third-order valence-corrected chi connectivity index (χ3v) is 3.74. The Morgan fingerprint density at radius 3 is 2.48 bits per heavy atom. The van der Waals surface area contributed by atoms with E-state index in [0.29, 0.717) is 10.4 Å². The highest BCUT2D eigenvalue weighted by molar-refractivity contribution is 9.10. The molecule has 1 rings (SSSR count). The van der Waals surface area contributed by atoms with Crippen molar-refractivity contribution < 1.29 is 14.7 Å². The molecule has 2 N–H and O–H groups in total. The van der Waals surface area contributed by atoms with Crippen molar-refractivity contribution >= 4 is 33.6 Å². The molecule has 0 spiro atoms. The molecule has 0 heterocycles. The van der Waals surface area contributed by atoms with Gasteiger partial charge in [0.1, 0.15) is 0 Å². The SMILES string of the molecule is CC(C)CC(C)N(C)C(=O)Nc1cc(Br)ccc1C(=O)O. The first-order valence-electron chi connectivity index (χ1n) is 6.79. The molecule has 0 saturated heterocycles. The standard InChI is InChI=1S/C15H21BrN2O3/c1-9(2)7-10(3)18(4)15(21)17-13-8-11(16)5-6-12(13)14(19)20/h5-6,8-10H,7H2,1-4H3,(H,17,21)(H,19,20). The molecule has 1 atom stereocenters. The second-order valence-electron chi connectivity index (χ2n) is 5.51. The van der Waals surface area contributed by atoms with Crippen molar-refractivity contribution in [3.8, 4) is 0 Å². The third-order valence-electron chi connectivity index (χ3n) is 3.25. The number of nitrogens with one attached hydrogen (secondary N) is 1. The zero-order valence-corrected chi connectivity index (χ0v) is 14.3. The van der Waals surface area contributed by atoms with E-state index in [2.05, 4.69) is 35.1 Å². The Morgan fingerprint density at radius 2 is 1.95 bits per heavy atom. The number of carbonyl (C=O) groups excluding carboxylic acids is 1. The second kappa shape index (κ2) is 7.45. The summed E-state index contributed by atoms with van der Waals surface area (Å²) in [6.45, 7) is 6.16. The van der Waals surface area contributed by atoms with Crippen LogP contribution in [0, 0.1) is 5.92 Å². The molecule has 0 aromatic heterocycles. The number of halogens is 1. The van der Waals surface area contributed by atoms with E-state index in [1.165, 1.54) is 6.07 Å². The predicted octanol–water partition coefficient (Wildman–Crippen LogP) is 4.05. The minimum atomic E-state index is -1.07. The molecule has 5 nitrogen and oxygen atoms in total. The van der Waals surface area contributed by atoms with Gasteiger partial charge in [0.15, 0.2) is 0 Å². The number of benzene rings is 1. The highest BCUT2D eigenvalue weighted by Crippen LogP contribution is 2.22. The summed E-state index contributed by atoms with van der Waals surface area (Å²) in [4.78, 5) is 25.0. The lowest BCUT2D eigenvalue weighted by atomic mass is 10.0. The zero-order chi connectivity index (χ0) is 16.2. The largest absolute Gasteiger partial charge is 0.478 e. The Balaban J connectivity index is 2.88. The number of anilines is 1. The van der Waals surface area contributed by atoms with E-state index < -0.39 is 5.97 Å². The smallest absolute Gasteiger partial charge is 0.337 e. The molecule has 0 saturated carbocycles. The number of urea groups is 1. The Labute approximate surface area is 133 Å². The molecule has 0 bridgehead atoms. The molecule has 1 aromatic rings. The van der Waals surface area contributed by atoms with Crippen LogP contribution in [0.15, 0.2) is 22.7 Å². The van der Waals surface area contributed by atoms with Crippen LogP contribution in [-0.4, -0.2) is 35.1 Å². The summed E-state index contributed by atoms with van der Waals surface area (Å²) in [7, 11) is 1.71. The van der Waals surface area contributed by atoms with Crippen LogP contribution in [0.1, 0.15) is 37.6 Å². The number of hydrogen-bond donors (Lipinski definition) is 2. The summed E-state index contributed by atoms with van der Waals surface area (Å²) < 4.78 is 0.709. The van der Waals surface area contributed by atoms with E-state index in [1.54, 1.807) is 24.1 Å². The number of aromatic carboxylic acids is 1. The number of rotatable bonds is 5. The van der Waals surface area contributed by atoms with Crippen LogP contribution in [0.4, 0.5) is 10.5 Å². The van der Waals surface area contributed by atoms with Crippen LogP contribution in [0.25, 0.3) is 0 Å². The van der Waals surface area contributed by atoms with E-state index >= 15 is 0 Å². The molecule has 1 aromatic carbocycles. The van der Waals surface area contributed by atoms with Gasteiger partial charge in [0.05, 0.1) is 11.3 Å². The van der Waals surface area contributed by atoms with Gasteiger partial charge >= 0.3 is 12.0 Å². The number of amides is 2. The Hall–Kier alpha value is -1.56. The number of carbonyl (C=O) groups is 2. The lowest BCUT2D eigenvalue weighted by Gasteiger charge is -2.26. The maximum Gasteiger partial charge on any atom is 0.337 e. The molecule has 6 heteroatoms. The van der Waals surface area contributed by atoms with Gasteiger partial charge in [-0.1, -0.05) is 29.8 Å². The Kier molecular flexibility index (Phi) is 6.20. The van der Waals surface area contributed by atoms with Gasteiger partial charge in [-0.3, -0.25) is 0 Å². The summed E-state index contributed by atoms with van der Waals surface area (Å²) in [6.07, 6.45) is 0.883. The van der Waals surface area contributed by atoms with Crippen molar-refractivity contribution in [2.45, 2.75) is 33.2 Å². The maximum atomic E-state index is 12.2. The first kappa shape index (κ1) is 17.5. The fourth-order valence-corrected chi connectivity index (χ4v) is 2.41. The van der Waals surface area contributed by atoms with Crippen LogP contribution in [0.5, 0.6) is 0 Å². The molecule has 0 radical (unpaired) electrons. The first-order chi connectivity index (χ1) is 9.72. The lowest BCUT2D eigenvalue weighted by molar-refractivity contribution is 0.0698. The molecule has 0 fully saturated rings. The fourth-order valence-electron chi connectivity index (χ4n) is 2.05. The molecule has 2 amide bonds. The average molecular weight is 357 g/mol. The molecule has 1 unspecified atom stereocenters. The Bertz CT molecular complexity index is 532. The summed E-state index contributed by atoms with van der Waals surface area (Å²) in [5.74, 6) is -0.591. The molecular formula is C15H21BrN2O3. The molecule has 0 aliphatic rings. The van der Waals surface area contributed by atoms with Gasteiger partial charge < -0.3 is 15.3 Å². The van der Waals surface area contributed by atoms with Crippen molar-refractivity contribution in [2.75, 3.05) is 12.4 Å². The van der Waals surface area contributed by atoms with Gasteiger partial charge in [0, 0.05) is 17.6 Å². The average Bonchev–Trinajstić information content (AvgIpc) is 2.36. The van der Waals surface area contributed by atoms with E-state index in [0.717, 1.165) is 6.42 Å². The highest BCUT2D eigenvalue weighted by atomic mass is 79.9. The maximum absolute atomic E-state index is 12.2. The second-order valence-corrected chi connectivity index (χ2v) is 6.43. The van der Waals surface area contributed by atoms with Gasteiger partial charge in [-0.2, -0.15) is 0 Å². The Morgan fingerprint density at radius 1 is 1.33 bits per heavy atom. The van der Waals surface area contributed by atoms with Gasteiger partial charge in [-0.05, 0) is 37.5 Å². The van der Waals surface area contributed by atoms with Crippen molar-refractivity contribution in [1.29, 1.82) is 0 Å². The number of carboxylic acid groups (broad SMARTS) is 1. The monoisotopic (exact) mass is 356 g/mol. The van der Waals surface area contributed by atoms with E-state index in [-0.39, 0.29) is 23.3 Å². The molecule has 116 valence electrons. The minimum absolute atomic E-state index is 0.0662. The molecular weight excluding hydrogens is 336 g/mol. The van der Waals surface area contributed by atoms with Gasteiger partial charge in [0.25, 0.3) is 0 Å². The van der Waals surface area contributed by atoms with Crippen LogP contribution in [-0.2, 0) is 0 Å². The van der Waals surface area contributed by atoms with Crippen molar-refractivity contribution in [3.05, 3.63) is 28.2 Å². The van der Waals surface area contributed by atoms with Gasteiger partial charge in [-0.25, -0.2) is 9.59 Å². The first-order valence-corrected chi connectivity index (χ1v) is 7.58. The van der Waals surface area contributed by atoms with E-state index in [9.17, 15) is 9.59 Å². The fraction of sp³-hybridized carbons (Fsp3) is 0.467. The number of carboxylic acids is 1. The van der Waals surface area contributed by atoms with Crippen molar-refractivity contribution in [1.82, 2.24) is 4.90 Å². The topological polar surface area (TPSA) is 69.6 Å². The van der Waals surface area contributed by atoms with E-state index in [1.807, 2.05) is 6.92 Å². The van der Waals surface area contributed by atoms with Gasteiger partial charge in [-0.15, -0.1) is 0 Å². The summed E-state index contributed by atoms with van der Waals surface area (Å²) >= 11 is 3.28. The van der Waals surface area contributed by atoms with Gasteiger partial charge in [0.2, 0.25) is 0 Å². The summed E-state index contributed by atoms with van der Waals surface area (Å²) in [5, 5.41) is 11.8. The third kappa shape index (κ3) is 5.04. The van der Waals surface area contributed by atoms with Crippen LogP contribution < -0.4 is 5.32 Å². The summed E-state index contributed by atoms with van der Waals surface area (Å²) in [5.41, 5.74) is 0.349. The van der Waals surface area contributed by atoms with Crippen molar-refractivity contribution in [2.24, 2.45) is 5.92 Å². The quantitative estimate of drug-likeness (QED) is 0.835. The minimum Gasteiger partial charge on any atom is -0.478 e. The van der Waals surface area contributed by atoms with Crippen molar-refractivity contribution in [3.63, 3.8) is 0 Å². The molecule has 0 aliphatic heterocycles. The number of hydrogen-bond acceptors (Lipinski definition) is 2. The van der Waals surface area contributed by atoms with Crippen LogP contribution in [0.3, 0.4) is 0 Å².